The Bertz CT molecular complexity index is 1210. The van der Waals surface area contributed by atoms with Crippen LogP contribution in [0.15, 0.2) is 52.3 Å². The number of anilines is 2. The molecule has 0 spiro atoms. The zero-order chi connectivity index (χ0) is 24.2. The first kappa shape index (κ1) is 25.0. The Hall–Kier alpha value is -2.67. The molecule has 2 N–H and O–H groups in total. The Labute approximate surface area is 194 Å². The van der Waals surface area contributed by atoms with Crippen molar-refractivity contribution in [3.8, 4) is 5.75 Å². The fourth-order valence-electron chi connectivity index (χ4n) is 3.36. The maximum absolute atomic E-state index is 12.6. The summed E-state index contributed by atoms with van der Waals surface area (Å²) in [4.78, 5) is 12.6. The summed E-state index contributed by atoms with van der Waals surface area (Å²) in [5.41, 5.74) is 0.792. The molecule has 2 aromatic carbocycles. The Morgan fingerprint density at radius 2 is 1.61 bits per heavy atom. The summed E-state index contributed by atoms with van der Waals surface area (Å²) < 4.78 is 57.8. The Morgan fingerprint density at radius 1 is 1.00 bits per heavy atom. The molecule has 10 nitrogen and oxygen atoms in total. The van der Waals surface area contributed by atoms with Crippen LogP contribution in [0.2, 0.25) is 0 Å². The molecule has 3 rings (SSSR count). The zero-order valence-electron chi connectivity index (χ0n) is 18.7. The second-order valence-electron chi connectivity index (χ2n) is 7.69. The minimum Gasteiger partial charge on any atom is -0.495 e. The molecular weight excluding hydrogens is 468 g/mol. The number of benzene rings is 2. The van der Waals surface area contributed by atoms with Gasteiger partial charge in [-0.05, 0) is 55.3 Å². The standard InChI is InChI=1S/C21H28N4O6S2/c1-24(2)32(27,28)18-10-11-20(31-3)19(14-18)22-15-21(26)23-16-6-8-17(9-7-16)33(29,30)25-12-4-5-13-25/h6-11,14,22H,4-5,12-13,15H2,1-3H3,(H,23,26). The summed E-state index contributed by atoms with van der Waals surface area (Å²) >= 11 is 0. The fraction of sp³-hybridized carbons (Fsp3) is 0.381. The Morgan fingerprint density at radius 3 is 2.18 bits per heavy atom. The molecular formula is C21H28N4O6S2. The highest BCUT2D eigenvalue weighted by molar-refractivity contribution is 7.89. The maximum atomic E-state index is 12.6. The molecule has 0 aromatic heterocycles. The lowest BCUT2D eigenvalue weighted by Gasteiger charge is -2.16. The van der Waals surface area contributed by atoms with E-state index in [0.717, 1.165) is 17.1 Å². The average Bonchev–Trinajstić information content (AvgIpc) is 3.33. The van der Waals surface area contributed by atoms with E-state index in [1.165, 1.54) is 68.0 Å². The summed E-state index contributed by atoms with van der Waals surface area (Å²) in [5, 5.41) is 5.57. The van der Waals surface area contributed by atoms with Crippen molar-refractivity contribution in [1.82, 2.24) is 8.61 Å². The topological polar surface area (TPSA) is 125 Å². The van der Waals surface area contributed by atoms with Crippen LogP contribution in [0.5, 0.6) is 5.75 Å². The van der Waals surface area contributed by atoms with E-state index in [2.05, 4.69) is 10.6 Å². The molecule has 1 aliphatic heterocycles. The number of rotatable bonds is 9. The van der Waals surface area contributed by atoms with Gasteiger partial charge >= 0.3 is 0 Å². The number of methoxy groups -OCH3 is 1. The third kappa shape index (κ3) is 5.64. The Balaban J connectivity index is 1.66. The largest absolute Gasteiger partial charge is 0.495 e. The molecule has 0 aliphatic carbocycles. The van der Waals surface area contributed by atoms with E-state index in [0.29, 0.717) is 30.2 Å². The molecule has 0 saturated carbocycles. The van der Waals surface area contributed by atoms with Crippen LogP contribution in [0.3, 0.4) is 0 Å². The minimum atomic E-state index is -3.65. The predicted molar refractivity (Wildman–Crippen MR) is 125 cm³/mol. The van der Waals surface area contributed by atoms with Crippen LogP contribution >= 0.6 is 0 Å². The van der Waals surface area contributed by atoms with Crippen molar-refractivity contribution in [2.24, 2.45) is 0 Å². The summed E-state index contributed by atoms with van der Waals surface area (Å²) in [6.45, 7) is 0.885. The maximum Gasteiger partial charge on any atom is 0.243 e. The van der Waals surface area contributed by atoms with Crippen LogP contribution in [0, 0.1) is 0 Å². The van der Waals surface area contributed by atoms with Crippen LogP contribution in [0.1, 0.15) is 12.8 Å². The second-order valence-corrected chi connectivity index (χ2v) is 11.8. The van der Waals surface area contributed by atoms with Crippen molar-refractivity contribution in [2.75, 3.05) is 51.5 Å². The molecule has 180 valence electrons. The average molecular weight is 497 g/mol. The highest BCUT2D eigenvalue weighted by Crippen LogP contribution is 2.28. The lowest BCUT2D eigenvalue weighted by molar-refractivity contribution is -0.114. The number of hydrogen-bond donors (Lipinski definition) is 2. The number of nitrogens with zero attached hydrogens (tertiary/aromatic N) is 2. The molecule has 1 saturated heterocycles. The van der Waals surface area contributed by atoms with Gasteiger partial charge in [0.25, 0.3) is 0 Å². The van der Waals surface area contributed by atoms with Crippen molar-refractivity contribution in [1.29, 1.82) is 0 Å². The number of hydrogen-bond acceptors (Lipinski definition) is 7. The first-order chi connectivity index (χ1) is 15.6. The van der Waals surface area contributed by atoms with Gasteiger partial charge in [0.2, 0.25) is 26.0 Å². The number of carbonyl (C=O) groups is 1. The number of nitrogens with one attached hydrogen (secondary N) is 2. The van der Waals surface area contributed by atoms with Crippen molar-refractivity contribution in [3.05, 3.63) is 42.5 Å². The van der Waals surface area contributed by atoms with Gasteiger partial charge < -0.3 is 15.4 Å². The zero-order valence-corrected chi connectivity index (χ0v) is 20.4. The molecule has 1 aliphatic rings. The first-order valence-corrected chi connectivity index (χ1v) is 13.2. The molecule has 0 atom stereocenters. The summed E-state index contributed by atoms with van der Waals surface area (Å²) in [5.74, 6) is -0.00921. The number of sulfonamides is 2. The number of ether oxygens (including phenoxy) is 1. The van der Waals surface area contributed by atoms with E-state index in [9.17, 15) is 21.6 Å². The van der Waals surface area contributed by atoms with Crippen molar-refractivity contribution >= 4 is 37.3 Å². The normalized spacial score (nSPS) is 14.9. The molecule has 0 radical (unpaired) electrons. The first-order valence-electron chi connectivity index (χ1n) is 10.3. The van der Waals surface area contributed by atoms with Crippen molar-refractivity contribution in [2.45, 2.75) is 22.6 Å². The van der Waals surface area contributed by atoms with Crippen molar-refractivity contribution < 1.29 is 26.4 Å². The molecule has 0 bridgehead atoms. The summed E-state index contributed by atoms with van der Waals surface area (Å²) in [6.07, 6.45) is 1.71. The van der Waals surface area contributed by atoms with Gasteiger partial charge in [-0.2, -0.15) is 4.31 Å². The van der Waals surface area contributed by atoms with E-state index in [1.54, 1.807) is 0 Å². The quantitative estimate of drug-likeness (QED) is 0.542. The van der Waals surface area contributed by atoms with Crippen molar-refractivity contribution in [3.63, 3.8) is 0 Å². The highest BCUT2D eigenvalue weighted by atomic mass is 32.2. The third-order valence-corrected chi connectivity index (χ3v) is 8.95. The van der Waals surface area contributed by atoms with Crippen LogP contribution in [-0.2, 0) is 24.8 Å². The van der Waals surface area contributed by atoms with E-state index in [4.69, 9.17) is 4.74 Å². The molecule has 33 heavy (non-hydrogen) atoms. The molecule has 1 amide bonds. The van der Waals surface area contributed by atoms with E-state index in [1.807, 2.05) is 0 Å². The lowest BCUT2D eigenvalue weighted by Crippen LogP contribution is -2.27. The van der Waals surface area contributed by atoms with Gasteiger partial charge in [-0.1, -0.05) is 0 Å². The lowest BCUT2D eigenvalue weighted by atomic mass is 10.3. The molecule has 12 heteroatoms. The molecule has 1 fully saturated rings. The molecule has 1 heterocycles. The highest BCUT2D eigenvalue weighted by Gasteiger charge is 2.27. The van der Waals surface area contributed by atoms with Gasteiger partial charge in [0.05, 0.1) is 29.1 Å². The van der Waals surface area contributed by atoms with Gasteiger partial charge in [0.1, 0.15) is 5.75 Å². The van der Waals surface area contributed by atoms with Crippen LogP contribution in [0.4, 0.5) is 11.4 Å². The van der Waals surface area contributed by atoms with E-state index < -0.39 is 26.0 Å². The molecule has 2 aromatic rings. The van der Waals surface area contributed by atoms with Gasteiger partial charge in [-0.25, -0.2) is 21.1 Å². The summed E-state index contributed by atoms with van der Waals surface area (Å²) in [6, 6.07) is 10.3. The second kappa shape index (κ2) is 10.1. The van der Waals surface area contributed by atoms with Crippen LogP contribution < -0.4 is 15.4 Å². The fourth-order valence-corrected chi connectivity index (χ4v) is 5.81. The van der Waals surface area contributed by atoms with Crippen LogP contribution in [-0.4, -0.2) is 72.2 Å². The number of amides is 1. The molecule has 0 unspecified atom stereocenters. The van der Waals surface area contributed by atoms with Gasteiger partial charge in [0, 0.05) is 32.9 Å². The summed E-state index contributed by atoms with van der Waals surface area (Å²) in [7, 11) is -2.86. The van der Waals surface area contributed by atoms with Crippen LogP contribution in [0.25, 0.3) is 0 Å². The smallest absolute Gasteiger partial charge is 0.243 e. The van der Waals surface area contributed by atoms with Gasteiger partial charge in [-0.3, -0.25) is 4.79 Å². The number of carbonyl (C=O) groups excluding carboxylic acids is 1. The Kier molecular flexibility index (Phi) is 7.62. The SMILES string of the molecule is COc1ccc(S(=O)(=O)N(C)C)cc1NCC(=O)Nc1ccc(S(=O)(=O)N2CCCC2)cc1. The van der Waals surface area contributed by atoms with Gasteiger partial charge in [0.15, 0.2) is 0 Å². The monoisotopic (exact) mass is 496 g/mol. The van der Waals surface area contributed by atoms with Gasteiger partial charge in [-0.15, -0.1) is 0 Å². The minimum absolute atomic E-state index is 0.0611. The third-order valence-electron chi connectivity index (χ3n) is 5.23. The predicted octanol–water partition coefficient (Wildman–Crippen LogP) is 1.78. The van der Waals surface area contributed by atoms with E-state index >= 15 is 0 Å². The van der Waals surface area contributed by atoms with E-state index in [-0.39, 0.29) is 16.3 Å².